The van der Waals surface area contributed by atoms with Gasteiger partial charge in [0.25, 0.3) is 0 Å². The van der Waals surface area contributed by atoms with Crippen molar-refractivity contribution in [1.29, 1.82) is 0 Å². The predicted octanol–water partition coefficient (Wildman–Crippen LogP) is -0.174. The van der Waals surface area contributed by atoms with E-state index in [1.165, 1.54) is 0 Å². The van der Waals surface area contributed by atoms with Gasteiger partial charge < -0.3 is 21.9 Å². The fourth-order valence-electron chi connectivity index (χ4n) is 1.37. The van der Waals surface area contributed by atoms with E-state index < -0.39 is 0 Å². The molecule has 0 heterocycles. The quantitative estimate of drug-likeness (QED) is 0.496. The number of guanidine groups is 2. The first-order chi connectivity index (χ1) is 8.13. The van der Waals surface area contributed by atoms with Gasteiger partial charge in [0.1, 0.15) is 5.75 Å². The monoisotopic (exact) mass is 235 g/mol. The molecule has 0 atom stereocenters. The highest BCUT2D eigenvalue weighted by Crippen LogP contribution is 2.17. The van der Waals surface area contributed by atoms with Gasteiger partial charge in [0.05, 0.1) is 7.11 Å². The molecule has 0 radical (unpaired) electrons. The molecule has 92 valence electrons. The van der Waals surface area contributed by atoms with Gasteiger partial charge in [-0.25, -0.2) is 0 Å². The number of methoxy groups -OCH3 is 1. The van der Waals surface area contributed by atoms with Crippen molar-refractivity contribution in [1.82, 2.24) is 0 Å². The van der Waals surface area contributed by atoms with Crippen LogP contribution in [0, 0.1) is 0 Å². The van der Waals surface area contributed by atoms with Crippen molar-refractivity contribution in [2.45, 2.75) is 6.42 Å². The zero-order chi connectivity index (χ0) is 12.7. The molecule has 0 saturated carbocycles. The average molecular weight is 235 g/mol. The molecular weight excluding hydrogens is 218 g/mol. The van der Waals surface area contributed by atoms with Crippen LogP contribution in [0.25, 0.3) is 0 Å². The summed E-state index contributed by atoms with van der Waals surface area (Å²) in [6.45, 7) is 0.503. The lowest BCUT2D eigenvalue weighted by molar-refractivity contribution is 0.410. The van der Waals surface area contributed by atoms with E-state index >= 15 is 0 Å². The Labute approximate surface area is 100 Å². The topological polar surface area (TPSA) is 112 Å². The van der Waals surface area contributed by atoms with Crippen LogP contribution in [0.5, 0.6) is 5.75 Å². The van der Waals surface area contributed by atoms with Gasteiger partial charge in [0.15, 0.2) is 5.96 Å². The molecule has 1 rings (SSSR count). The summed E-state index contributed by atoms with van der Waals surface area (Å²) in [5.74, 6) is 0.826. The summed E-state index contributed by atoms with van der Waals surface area (Å²) < 4.78 is 5.22. The summed E-state index contributed by atoms with van der Waals surface area (Å²) in [5.41, 5.74) is 16.9. The average Bonchev–Trinajstić information content (AvgIpc) is 2.28. The van der Waals surface area contributed by atoms with Crippen LogP contribution in [0.1, 0.15) is 5.56 Å². The highest BCUT2D eigenvalue weighted by atomic mass is 16.5. The lowest BCUT2D eigenvalue weighted by Crippen LogP contribution is -2.26. The number of benzene rings is 1. The molecule has 0 spiro atoms. The number of nitrogens with zero attached hydrogens (tertiary/aromatic N) is 2. The lowest BCUT2D eigenvalue weighted by Gasteiger charge is -2.06. The van der Waals surface area contributed by atoms with Crippen LogP contribution < -0.4 is 21.9 Å². The van der Waals surface area contributed by atoms with E-state index in [2.05, 4.69) is 9.98 Å². The highest BCUT2D eigenvalue weighted by Gasteiger charge is 2.00. The molecule has 6 nitrogen and oxygen atoms in total. The molecule has 0 fully saturated rings. The van der Waals surface area contributed by atoms with Gasteiger partial charge in [-0.3, -0.25) is 4.99 Å². The van der Waals surface area contributed by atoms with Crippen LogP contribution in [-0.2, 0) is 6.42 Å². The van der Waals surface area contributed by atoms with Crippen LogP contribution in [-0.4, -0.2) is 25.6 Å². The number of hydrogen-bond donors (Lipinski definition) is 3. The fraction of sp³-hybridized carbons (Fsp3) is 0.273. The van der Waals surface area contributed by atoms with Gasteiger partial charge in [0, 0.05) is 6.54 Å². The SMILES string of the molecule is COc1ccccc1CCN=C(N)N=C(N)N. The van der Waals surface area contributed by atoms with Gasteiger partial charge in [-0.1, -0.05) is 18.2 Å². The Hall–Kier alpha value is -2.24. The predicted molar refractivity (Wildman–Crippen MR) is 69.0 cm³/mol. The summed E-state index contributed by atoms with van der Waals surface area (Å²) in [7, 11) is 1.63. The first kappa shape index (κ1) is 12.8. The second-order valence-electron chi connectivity index (χ2n) is 3.34. The maximum absolute atomic E-state index is 5.48. The Morgan fingerprint density at radius 3 is 2.59 bits per heavy atom. The molecule has 17 heavy (non-hydrogen) atoms. The maximum Gasteiger partial charge on any atom is 0.218 e. The summed E-state index contributed by atoms with van der Waals surface area (Å²) in [6.07, 6.45) is 0.713. The Kier molecular flexibility index (Phi) is 4.80. The lowest BCUT2D eigenvalue weighted by atomic mass is 10.1. The molecule has 6 heteroatoms. The summed E-state index contributed by atoms with van der Waals surface area (Å²) in [5, 5.41) is 0. The molecular formula is C11H17N5O. The molecule has 1 aromatic rings. The Morgan fingerprint density at radius 1 is 1.24 bits per heavy atom. The van der Waals surface area contributed by atoms with Crippen molar-refractivity contribution in [3.05, 3.63) is 29.8 Å². The summed E-state index contributed by atoms with van der Waals surface area (Å²) in [4.78, 5) is 7.65. The molecule has 0 aliphatic carbocycles. The summed E-state index contributed by atoms with van der Waals surface area (Å²) in [6, 6.07) is 7.74. The normalized spacial score (nSPS) is 11.0. The number of rotatable bonds is 4. The van der Waals surface area contributed by atoms with E-state index in [9.17, 15) is 0 Å². The molecule has 0 aromatic heterocycles. The van der Waals surface area contributed by atoms with E-state index in [1.807, 2.05) is 24.3 Å². The van der Waals surface area contributed by atoms with Gasteiger partial charge in [-0.2, -0.15) is 4.99 Å². The van der Waals surface area contributed by atoms with Crippen molar-refractivity contribution in [2.24, 2.45) is 27.2 Å². The minimum atomic E-state index is -0.0939. The number of aliphatic imine (C=N–C) groups is 2. The number of nitrogens with two attached hydrogens (primary N) is 3. The zero-order valence-corrected chi connectivity index (χ0v) is 9.76. The number of hydrogen-bond acceptors (Lipinski definition) is 2. The smallest absolute Gasteiger partial charge is 0.218 e. The molecule has 1 aromatic carbocycles. The van der Waals surface area contributed by atoms with E-state index in [-0.39, 0.29) is 11.9 Å². The van der Waals surface area contributed by atoms with Crippen molar-refractivity contribution >= 4 is 11.9 Å². The third kappa shape index (κ3) is 4.42. The highest BCUT2D eigenvalue weighted by molar-refractivity contribution is 5.92. The minimum absolute atomic E-state index is 0.0832. The summed E-state index contributed by atoms with van der Waals surface area (Å²) >= 11 is 0. The number of ether oxygens (including phenoxy) is 1. The molecule has 0 aliphatic heterocycles. The molecule has 0 bridgehead atoms. The van der Waals surface area contributed by atoms with Crippen LogP contribution in [0.3, 0.4) is 0 Å². The molecule has 0 unspecified atom stereocenters. The Morgan fingerprint density at radius 2 is 1.94 bits per heavy atom. The van der Waals surface area contributed by atoms with E-state index in [0.717, 1.165) is 11.3 Å². The Balaban J connectivity index is 2.59. The molecule has 6 N–H and O–H groups in total. The third-order valence-corrected chi connectivity index (χ3v) is 2.09. The minimum Gasteiger partial charge on any atom is -0.496 e. The van der Waals surface area contributed by atoms with Crippen LogP contribution in [0.2, 0.25) is 0 Å². The zero-order valence-electron chi connectivity index (χ0n) is 9.76. The Bertz CT molecular complexity index is 424. The second-order valence-corrected chi connectivity index (χ2v) is 3.34. The number of para-hydroxylation sites is 1. The van der Waals surface area contributed by atoms with Gasteiger partial charge in [-0.15, -0.1) is 0 Å². The largest absolute Gasteiger partial charge is 0.496 e. The van der Waals surface area contributed by atoms with Crippen LogP contribution in [0.15, 0.2) is 34.3 Å². The van der Waals surface area contributed by atoms with Crippen LogP contribution in [0.4, 0.5) is 0 Å². The van der Waals surface area contributed by atoms with Crippen LogP contribution >= 0.6 is 0 Å². The standard InChI is InChI=1S/C11H17N5O/c1-17-9-5-3-2-4-8(9)6-7-15-11(14)16-10(12)13/h2-5H,6-7H2,1H3,(H6,12,13,14,15,16). The molecule has 0 amide bonds. The molecule has 0 aliphatic rings. The molecule has 0 saturated heterocycles. The first-order valence-electron chi connectivity index (χ1n) is 5.15. The van der Waals surface area contributed by atoms with E-state index in [4.69, 9.17) is 21.9 Å². The van der Waals surface area contributed by atoms with Gasteiger partial charge >= 0.3 is 0 Å². The van der Waals surface area contributed by atoms with Gasteiger partial charge in [-0.05, 0) is 18.1 Å². The van der Waals surface area contributed by atoms with E-state index in [1.54, 1.807) is 7.11 Å². The maximum atomic E-state index is 5.48. The van der Waals surface area contributed by atoms with Crippen molar-refractivity contribution in [3.63, 3.8) is 0 Å². The van der Waals surface area contributed by atoms with Gasteiger partial charge in [0.2, 0.25) is 5.96 Å². The second kappa shape index (κ2) is 6.37. The third-order valence-electron chi connectivity index (χ3n) is 2.09. The van der Waals surface area contributed by atoms with Crippen molar-refractivity contribution < 1.29 is 4.74 Å². The van der Waals surface area contributed by atoms with E-state index in [0.29, 0.717) is 13.0 Å². The van der Waals surface area contributed by atoms with Crippen molar-refractivity contribution in [2.75, 3.05) is 13.7 Å². The van der Waals surface area contributed by atoms with Crippen molar-refractivity contribution in [3.8, 4) is 5.75 Å². The first-order valence-corrected chi connectivity index (χ1v) is 5.15. The fourth-order valence-corrected chi connectivity index (χ4v) is 1.37.